The average molecular weight is 417 g/mol. The van der Waals surface area contributed by atoms with Crippen molar-refractivity contribution in [2.24, 2.45) is 0 Å². The molecule has 1 saturated heterocycles. The number of aryl methyl sites for hydroxylation is 1. The molecule has 2 aromatic heterocycles. The largest absolute Gasteiger partial charge is 0.508 e. The summed E-state index contributed by atoms with van der Waals surface area (Å²) >= 11 is 1.66. The Kier molecular flexibility index (Phi) is 6.44. The van der Waals surface area contributed by atoms with Crippen LogP contribution in [0.5, 0.6) is 0 Å². The maximum Gasteiger partial charge on any atom is 0.141 e. The number of aliphatic hydroxyl groups is 2. The molecule has 3 heterocycles. The van der Waals surface area contributed by atoms with Crippen LogP contribution in [0.4, 0.5) is 5.82 Å². The number of hydrogen-bond donors (Lipinski definition) is 3. The minimum absolute atomic E-state index is 0.0750. The summed E-state index contributed by atoms with van der Waals surface area (Å²) < 4.78 is 5.70. The molecule has 0 amide bonds. The Morgan fingerprint density at radius 1 is 1.34 bits per heavy atom. The summed E-state index contributed by atoms with van der Waals surface area (Å²) in [5, 5.41) is 26.2. The lowest BCUT2D eigenvalue weighted by atomic mass is 10.0. The summed E-state index contributed by atoms with van der Waals surface area (Å²) in [6.07, 6.45) is 7.23. The highest BCUT2D eigenvalue weighted by molar-refractivity contribution is 7.16. The topological polar surface area (TPSA) is 90.7 Å². The first-order valence-corrected chi connectivity index (χ1v) is 11.0. The van der Waals surface area contributed by atoms with Crippen LogP contribution in [0.25, 0.3) is 10.2 Å². The maximum atomic E-state index is 10.2. The molecule has 0 spiro atoms. The van der Waals surface area contributed by atoms with E-state index in [1.807, 2.05) is 13.0 Å². The monoisotopic (exact) mass is 416 g/mol. The molecule has 29 heavy (non-hydrogen) atoms. The molecule has 2 aliphatic rings. The lowest BCUT2D eigenvalue weighted by molar-refractivity contribution is 0.00929. The summed E-state index contributed by atoms with van der Waals surface area (Å²) in [7, 11) is 0. The minimum Gasteiger partial charge on any atom is -0.508 e. The van der Waals surface area contributed by atoms with Crippen LogP contribution in [0.1, 0.15) is 25.1 Å². The van der Waals surface area contributed by atoms with E-state index in [0.717, 1.165) is 47.8 Å². The minimum atomic E-state index is -0.545. The predicted molar refractivity (Wildman–Crippen MR) is 116 cm³/mol. The molecule has 4 rings (SSSR count). The lowest BCUT2D eigenvalue weighted by Crippen LogP contribution is -2.45. The van der Waals surface area contributed by atoms with Gasteiger partial charge in [0.2, 0.25) is 0 Å². The number of aliphatic hydroxyl groups excluding tert-OH is 2. The highest BCUT2D eigenvalue weighted by Crippen LogP contribution is 2.29. The Labute approximate surface area is 174 Å². The van der Waals surface area contributed by atoms with Crippen LogP contribution in [-0.2, 0) is 4.74 Å². The summed E-state index contributed by atoms with van der Waals surface area (Å²) in [4.78, 5) is 12.6. The van der Waals surface area contributed by atoms with Gasteiger partial charge in [-0.2, -0.15) is 0 Å². The van der Waals surface area contributed by atoms with E-state index in [0.29, 0.717) is 19.0 Å². The molecule has 2 unspecified atom stereocenters. The van der Waals surface area contributed by atoms with Gasteiger partial charge in [-0.3, -0.25) is 0 Å². The number of nitrogens with one attached hydrogen (secondary N) is 1. The van der Waals surface area contributed by atoms with E-state index in [9.17, 15) is 10.2 Å². The van der Waals surface area contributed by atoms with Gasteiger partial charge in [-0.15, -0.1) is 11.3 Å². The molecule has 2 atom stereocenters. The number of anilines is 1. The number of rotatable bonds is 7. The first-order valence-electron chi connectivity index (χ1n) is 10.2. The molecule has 1 aliphatic carbocycles. The zero-order valence-electron chi connectivity index (χ0n) is 16.6. The molecule has 0 aromatic carbocycles. The average Bonchev–Trinajstić information content (AvgIpc) is 3.20. The number of ether oxygens (including phenoxy) is 1. The van der Waals surface area contributed by atoms with Crippen molar-refractivity contribution in [3.05, 3.63) is 41.3 Å². The summed E-state index contributed by atoms with van der Waals surface area (Å²) in [6.45, 7) is 4.63. The van der Waals surface area contributed by atoms with Crippen LogP contribution in [0.2, 0.25) is 0 Å². The van der Waals surface area contributed by atoms with Crippen molar-refractivity contribution in [1.29, 1.82) is 0 Å². The smallest absolute Gasteiger partial charge is 0.141 e. The van der Waals surface area contributed by atoms with Crippen molar-refractivity contribution in [1.82, 2.24) is 15.3 Å². The van der Waals surface area contributed by atoms with Gasteiger partial charge in [-0.1, -0.05) is 6.08 Å². The molecule has 0 bridgehead atoms. The first-order chi connectivity index (χ1) is 14.1. The summed E-state index contributed by atoms with van der Waals surface area (Å²) in [6, 6.07) is 2.49. The molecule has 0 radical (unpaired) electrons. The van der Waals surface area contributed by atoms with Gasteiger partial charge in [0.25, 0.3) is 0 Å². The molecule has 2 aromatic rings. The van der Waals surface area contributed by atoms with Gasteiger partial charge in [0.15, 0.2) is 0 Å². The fourth-order valence-electron chi connectivity index (χ4n) is 3.79. The second-order valence-electron chi connectivity index (χ2n) is 7.65. The Morgan fingerprint density at radius 2 is 2.17 bits per heavy atom. The number of thiophene rings is 1. The van der Waals surface area contributed by atoms with Gasteiger partial charge in [-0.25, -0.2) is 9.97 Å². The van der Waals surface area contributed by atoms with E-state index < -0.39 is 6.10 Å². The highest BCUT2D eigenvalue weighted by atomic mass is 32.1. The van der Waals surface area contributed by atoms with Gasteiger partial charge in [0.1, 0.15) is 22.2 Å². The van der Waals surface area contributed by atoms with Crippen LogP contribution in [0, 0.1) is 6.92 Å². The molecule has 1 aliphatic heterocycles. The number of nitrogens with zero attached hydrogens (tertiary/aromatic N) is 3. The van der Waals surface area contributed by atoms with E-state index in [2.05, 4.69) is 31.6 Å². The third kappa shape index (κ3) is 5.14. The Morgan fingerprint density at radius 3 is 2.93 bits per heavy atom. The molecule has 8 heteroatoms. The quantitative estimate of drug-likeness (QED) is 0.639. The lowest BCUT2D eigenvalue weighted by Gasteiger charge is -2.34. The number of allylic oxidation sites excluding steroid dienone is 1. The van der Waals surface area contributed by atoms with E-state index in [1.165, 1.54) is 0 Å². The van der Waals surface area contributed by atoms with Crippen molar-refractivity contribution in [3.63, 3.8) is 0 Å². The van der Waals surface area contributed by atoms with Crippen molar-refractivity contribution in [2.75, 3.05) is 31.1 Å². The molecule has 156 valence electrons. The SMILES string of the molecule is Cc1nc(N2CCC(NCC(O)COC3C=CC(O)=CC3)CC2)c2ccsc2n1. The fraction of sp³-hybridized carbons (Fsp3) is 0.524. The standard InChI is InChI=1S/C21H28N4O3S/c1-14-23-20(19-8-11-29-21(19)24-14)25-9-6-15(7-10-25)22-12-17(27)13-28-18-4-2-16(26)3-5-18/h2-4,8,11,15,17-18,22,26-27H,5-7,9-10,12-13H2,1H3. The molecular formula is C21H28N4O3S. The summed E-state index contributed by atoms with van der Waals surface area (Å²) in [5.41, 5.74) is 0. The van der Waals surface area contributed by atoms with Gasteiger partial charge < -0.3 is 25.2 Å². The van der Waals surface area contributed by atoms with Gasteiger partial charge in [-0.05, 0) is 49.8 Å². The number of hydrogen-bond acceptors (Lipinski definition) is 8. The van der Waals surface area contributed by atoms with E-state index >= 15 is 0 Å². The van der Waals surface area contributed by atoms with Crippen LogP contribution in [0.15, 0.2) is 35.4 Å². The number of aromatic nitrogens is 2. The van der Waals surface area contributed by atoms with Crippen molar-refractivity contribution < 1.29 is 14.9 Å². The number of piperidine rings is 1. The predicted octanol–water partition coefficient (Wildman–Crippen LogP) is 2.71. The van der Waals surface area contributed by atoms with E-state index in [4.69, 9.17) is 4.74 Å². The van der Waals surface area contributed by atoms with Crippen molar-refractivity contribution >= 4 is 27.4 Å². The van der Waals surface area contributed by atoms with Crippen molar-refractivity contribution in [3.8, 4) is 0 Å². The van der Waals surface area contributed by atoms with E-state index in [-0.39, 0.29) is 18.5 Å². The molecule has 7 nitrogen and oxygen atoms in total. The third-order valence-electron chi connectivity index (χ3n) is 5.40. The fourth-order valence-corrected chi connectivity index (χ4v) is 4.59. The van der Waals surface area contributed by atoms with Crippen molar-refractivity contribution in [2.45, 2.75) is 44.4 Å². The first kappa shape index (κ1) is 20.3. The zero-order chi connectivity index (χ0) is 20.2. The normalized spacial score (nSPS) is 21.5. The molecular weight excluding hydrogens is 388 g/mol. The van der Waals surface area contributed by atoms with Gasteiger partial charge in [0, 0.05) is 25.7 Å². The third-order valence-corrected chi connectivity index (χ3v) is 6.20. The number of fused-ring (bicyclic) bond motifs is 1. The summed E-state index contributed by atoms with van der Waals surface area (Å²) in [5.74, 6) is 2.13. The second-order valence-corrected chi connectivity index (χ2v) is 8.55. The van der Waals surface area contributed by atoms with Crippen LogP contribution in [-0.4, -0.2) is 64.7 Å². The molecule has 0 saturated carbocycles. The van der Waals surface area contributed by atoms with Gasteiger partial charge >= 0.3 is 0 Å². The Balaban J connectivity index is 1.21. The van der Waals surface area contributed by atoms with Crippen LogP contribution in [0.3, 0.4) is 0 Å². The van der Waals surface area contributed by atoms with Gasteiger partial charge in [0.05, 0.1) is 24.2 Å². The second kappa shape index (κ2) is 9.21. The Hall–Kier alpha value is -2.00. The molecule has 3 N–H and O–H groups in total. The van der Waals surface area contributed by atoms with Crippen LogP contribution >= 0.6 is 11.3 Å². The zero-order valence-corrected chi connectivity index (χ0v) is 17.4. The molecule has 1 fully saturated rings. The highest BCUT2D eigenvalue weighted by Gasteiger charge is 2.23. The van der Waals surface area contributed by atoms with Crippen LogP contribution < -0.4 is 10.2 Å². The Bertz CT molecular complexity index is 889. The maximum absolute atomic E-state index is 10.2. The van der Waals surface area contributed by atoms with E-state index in [1.54, 1.807) is 23.5 Å².